The number of hydrogen-bond donors (Lipinski definition) is 0. The molecule has 1 aliphatic rings. The minimum atomic E-state index is -1.53. The average Bonchev–Trinajstić information content (AvgIpc) is 3.26. The molecule has 0 aliphatic carbocycles. The van der Waals surface area contributed by atoms with E-state index in [1.54, 1.807) is 29.6 Å². The maximum Gasteiger partial charge on any atom is 0.273 e. The highest BCUT2D eigenvalue weighted by Gasteiger charge is 2.34. The monoisotopic (exact) mass is 418 g/mol. The molecule has 3 aromatic rings. The van der Waals surface area contributed by atoms with Gasteiger partial charge in [0, 0.05) is 18.3 Å². The first-order chi connectivity index (χ1) is 13.9. The van der Waals surface area contributed by atoms with E-state index in [-0.39, 0.29) is 35.7 Å². The van der Waals surface area contributed by atoms with E-state index >= 15 is 0 Å². The summed E-state index contributed by atoms with van der Waals surface area (Å²) in [5.41, 5.74) is 1.51. The molecule has 5 nitrogen and oxygen atoms in total. The van der Waals surface area contributed by atoms with Crippen LogP contribution in [0, 0.1) is 17.5 Å². The van der Waals surface area contributed by atoms with Crippen molar-refractivity contribution in [3.05, 3.63) is 81.6 Å². The third-order valence-corrected chi connectivity index (χ3v) is 5.21. The van der Waals surface area contributed by atoms with Crippen molar-refractivity contribution in [3.8, 4) is 5.19 Å². The van der Waals surface area contributed by atoms with Gasteiger partial charge in [0.1, 0.15) is 6.61 Å². The van der Waals surface area contributed by atoms with Crippen molar-refractivity contribution in [3.63, 3.8) is 0 Å². The quantitative estimate of drug-likeness (QED) is 0.449. The molecular weight excluding hydrogens is 405 g/mol. The van der Waals surface area contributed by atoms with Crippen LogP contribution < -0.4 is 4.74 Å². The molecule has 0 atom stereocenters. The van der Waals surface area contributed by atoms with E-state index in [2.05, 4.69) is 4.98 Å². The van der Waals surface area contributed by atoms with Crippen LogP contribution >= 0.6 is 11.3 Å². The van der Waals surface area contributed by atoms with E-state index < -0.39 is 17.5 Å². The molecule has 0 radical (unpaired) electrons. The fourth-order valence-electron chi connectivity index (χ4n) is 2.97. The third kappa shape index (κ3) is 3.73. The van der Waals surface area contributed by atoms with Crippen LogP contribution in [-0.2, 0) is 13.0 Å². The Morgan fingerprint density at radius 2 is 1.62 bits per heavy atom. The van der Waals surface area contributed by atoms with E-state index in [1.165, 1.54) is 16.2 Å². The number of ether oxygens (including phenoxy) is 1. The lowest BCUT2D eigenvalue weighted by molar-refractivity contribution is 0.0656. The smallest absolute Gasteiger partial charge is 0.273 e. The highest BCUT2D eigenvalue weighted by atomic mass is 32.1. The van der Waals surface area contributed by atoms with E-state index in [1.807, 2.05) is 0 Å². The summed E-state index contributed by atoms with van der Waals surface area (Å²) in [4.78, 5) is 30.1. The Hall–Kier alpha value is -3.20. The van der Waals surface area contributed by atoms with Crippen molar-refractivity contribution in [1.82, 2.24) is 9.88 Å². The highest BCUT2D eigenvalue weighted by molar-refractivity contribution is 7.11. The minimum absolute atomic E-state index is 0.129. The predicted octanol–water partition coefficient (Wildman–Crippen LogP) is 3.98. The third-order valence-electron chi connectivity index (χ3n) is 4.41. The number of nitrogens with zero attached hydrogens (tertiary/aromatic N) is 2. The topological polar surface area (TPSA) is 59.5 Å². The summed E-state index contributed by atoms with van der Waals surface area (Å²) >= 11 is 1.17. The zero-order valence-electron chi connectivity index (χ0n) is 14.8. The van der Waals surface area contributed by atoms with E-state index in [0.29, 0.717) is 23.2 Å². The molecule has 0 fully saturated rings. The summed E-state index contributed by atoms with van der Waals surface area (Å²) in [7, 11) is 0. The largest absolute Gasteiger partial charge is 0.465 e. The van der Waals surface area contributed by atoms with Gasteiger partial charge in [0.2, 0.25) is 0 Å². The van der Waals surface area contributed by atoms with Crippen LogP contribution in [0.25, 0.3) is 0 Å². The molecule has 4 rings (SSSR count). The lowest BCUT2D eigenvalue weighted by Gasteiger charge is -2.12. The van der Waals surface area contributed by atoms with Crippen molar-refractivity contribution in [2.45, 2.75) is 13.0 Å². The summed E-state index contributed by atoms with van der Waals surface area (Å²) in [6.07, 6.45) is 0.338. The number of halogens is 3. The fourth-order valence-corrected chi connectivity index (χ4v) is 3.68. The van der Waals surface area contributed by atoms with Gasteiger partial charge in [-0.05, 0) is 29.8 Å². The zero-order valence-corrected chi connectivity index (χ0v) is 15.6. The molecule has 1 aliphatic heterocycles. The Kier molecular flexibility index (Phi) is 5.06. The first-order valence-corrected chi connectivity index (χ1v) is 9.48. The molecule has 9 heteroatoms. The number of carbonyl (C=O) groups is 2. The van der Waals surface area contributed by atoms with Crippen molar-refractivity contribution >= 4 is 23.2 Å². The molecule has 1 aromatic heterocycles. The van der Waals surface area contributed by atoms with Gasteiger partial charge in [0.25, 0.3) is 17.0 Å². The van der Waals surface area contributed by atoms with Gasteiger partial charge in [-0.3, -0.25) is 14.5 Å². The van der Waals surface area contributed by atoms with Crippen LogP contribution in [0.3, 0.4) is 0 Å². The number of fused-ring (bicyclic) bond motifs is 1. The second-order valence-corrected chi connectivity index (χ2v) is 7.15. The van der Waals surface area contributed by atoms with Gasteiger partial charge in [-0.1, -0.05) is 23.5 Å². The predicted molar refractivity (Wildman–Crippen MR) is 98.3 cm³/mol. The first kappa shape index (κ1) is 19.1. The van der Waals surface area contributed by atoms with Gasteiger partial charge in [0.15, 0.2) is 17.5 Å². The summed E-state index contributed by atoms with van der Waals surface area (Å²) in [6.45, 7) is -0.0105. The Balaban J connectivity index is 1.36. The number of aromatic nitrogens is 1. The number of thiazole rings is 1. The maximum absolute atomic E-state index is 13.2. The average molecular weight is 418 g/mol. The molecule has 148 valence electrons. The van der Waals surface area contributed by atoms with Gasteiger partial charge >= 0.3 is 0 Å². The standard InChI is InChI=1S/C20H13F3N2O3S/c21-15-7-11(8-16(22)17(15)23)9-28-20-24-12(10-29-20)5-6-25-18(26)13-3-1-2-4-14(13)19(25)27/h1-4,7-8,10H,5-6,9H2. The normalized spacial score (nSPS) is 13.1. The summed E-state index contributed by atoms with van der Waals surface area (Å²) in [5.74, 6) is -4.78. The number of imide groups is 1. The van der Waals surface area contributed by atoms with Crippen LogP contribution in [0.4, 0.5) is 13.2 Å². The van der Waals surface area contributed by atoms with Gasteiger partial charge < -0.3 is 4.74 Å². The van der Waals surface area contributed by atoms with Crippen molar-refractivity contribution in [2.75, 3.05) is 6.54 Å². The number of carbonyl (C=O) groups excluding carboxylic acids is 2. The Labute approximate surface area is 167 Å². The fraction of sp³-hybridized carbons (Fsp3) is 0.150. The number of rotatable bonds is 6. The molecule has 0 saturated heterocycles. The van der Waals surface area contributed by atoms with Gasteiger partial charge in [-0.15, -0.1) is 0 Å². The number of hydrogen-bond acceptors (Lipinski definition) is 5. The molecule has 2 aromatic carbocycles. The summed E-state index contributed by atoms with van der Waals surface area (Å²) in [6, 6.07) is 8.36. The lowest BCUT2D eigenvalue weighted by atomic mass is 10.1. The maximum atomic E-state index is 13.2. The van der Waals surface area contributed by atoms with E-state index in [4.69, 9.17) is 4.74 Å². The van der Waals surface area contributed by atoms with Crippen molar-refractivity contribution < 1.29 is 27.5 Å². The van der Waals surface area contributed by atoms with Crippen LogP contribution in [0.5, 0.6) is 5.19 Å². The van der Waals surface area contributed by atoms with Crippen LogP contribution in [-0.4, -0.2) is 28.2 Å². The molecule has 0 unspecified atom stereocenters. The zero-order chi connectivity index (χ0) is 20.5. The highest BCUT2D eigenvalue weighted by Crippen LogP contribution is 2.24. The SMILES string of the molecule is O=C1c2ccccc2C(=O)N1CCc1csc(OCc2cc(F)c(F)c(F)c2)n1. The summed E-state index contributed by atoms with van der Waals surface area (Å²) < 4.78 is 44.8. The minimum Gasteiger partial charge on any atom is -0.465 e. The Morgan fingerprint density at radius 1 is 1.00 bits per heavy atom. The number of amides is 2. The second-order valence-electron chi connectivity index (χ2n) is 6.32. The molecule has 0 bridgehead atoms. The van der Waals surface area contributed by atoms with Crippen molar-refractivity contribution in [1.29, 1.82) is 0 Å². The first-order valence-electron chi connectivity index (χ1n) is 8.60. The molecule has 2 amide bonds. The van der Waals surface area contributed by atoms with Crippen molar-refractivity contribution in [2.24, 2.45) is 0 Å². The van der Waals surface area contributed by atoms with Crippen LogP contribution in [0.2, 0.25) is 0 Å². The van der Waals surface area contributed by atoms with E-state index in [9.17, 15) is 22.8 Å². The Bertz CT molecular complexity index is 1060. The second kappa shape index (κ2) is 7.67. The molecule has 0 spiro atoms. The Morgan fingerprint density at radius 3 is 2.24 bits per heavy atom. The molecular formula is C20H13F3N2O3S. The lowest BCUT2D eigenvalue weighted by Crippen LogP contribution is -2.31. The molecule has 0 N–H and O–H groups in total. The molecule has 2 heterocycles. The summed E-state index contributed by atoms with van der Waals surface area (Å²) in [5, 5.41) is 1.96. The van der Waals surface area contributed by atoms with Gasteiger partial charge in [-0.25, -0.2) is 18.2 Å². The van der Waals surface area contributed by atoms with Crippen LogP contribution in [0.15, 0.2) is 41.8 Å². The molecule has 0 saturated carbocycles. The number of benzene rings is 2. The van der Waals surface area contributed by atoms with Crippen LogP contribution in [0.1, 0.15) is 32.0 Å². The van der Waals surface area contributed by atoms with Gasteiger partial charge in [-0.2, -0.15) is 0 Å². The van der Waals surface area contributed by atoms with E-state index in [0.717, 1.165) is 12.1 Å². The van der Waals surface area contributed by atoms with Gasteiger partial charge in [0.05, 0.1) is 16.8 Å². The molecule has 29 heavy (non-hydrogen) atoms.